The van der Waals surface area contributed by atoms with Crippen LogP contribution in [0.25, 0.3) is 0 Å². The number of rotatable bonds is 3. The van der Waals surface area contributed by atoms with E-state index in [1.165, 1.54) is 6.86 Å². The number of hydrogen-bond acceptors (Lipinski definition) is 0. The quantitative estimate of drug-likeness (QED) is 0.342. The molecule has 0 rings (SSSR count). The molecule has 0 nitrogen and oxygen atoms in total. The van der Waals surface area contributed by atoms with Crippen molar-refractivity contribution in [1.29, 1.82) is 0 Å². The molecular weight excluding hydrogens is 556 g/mol. The summed E-state index contributed by atoms with van der Waals surface area (Å²) in [6.45, 7) is 0. The second-order valence-electron chi connectivity index (χ2n) is 0.924. The first kappa shape index (κ1) is 10.7. The number of hydrogen-bond donors (Lipinski definition) is 0. The molecule has 0 aliphatic carbocycles. The Labute approximate surface area is 101 Å². The second-order valence-corrected chi connectivity index (χ2v) is 8.90. The molecule has 4 heteroatoms. The molecule has 0 fully saturated rings. The van der Waals surface area contributed by atoms with Gasteiger partial charge in [0.15, 0.2) is 0 Å². The van der Waals surface area contributed by atoms with Crippen molar-refractivity contribution >= 4 is 67.8 Å². The summed E-state index contributed by atoms with van der Waals surface area (Å²) in [6, 6.07) is 0. The molecule has 0 heterocycles. The van der Waals surface area contributed by atoms with Crippen LogP contribution in [0.3, 0.4) is 0 Å². The van der Waals surface area contributed by atoms with Gasteiger partial charge in [-0.15, -0.1) is 0 Å². The third kappa shape index (κ3) is 5.45. The van der Waals surface area contributed by atoms with Gasteiger partial charge in [0.05, 0.1) is 0 Å². The van der Waals surface area contributed by atoms with Crippen molar-refractivity contribution < 1.29 is 21.2 Å². The fourth-order valence-electron chi connectivity index (χ4n) is 0.159. The third-order valence-corrected chi connectivity index (χ3v) is 8.59. The van der Waals surface area contributed by atoms with E-state index in [9.17, 15) is 0 Å². The van der Waals surface area contributed by atoms with Gasteiger partial charge in [-0.1, -0.05) is 0 Å². The van der Waals surface area contributed by atoms with E-state index in [-0.39, 0.29) is 0 Å². The zero-order valence-corrected chi connectivity index (χ0v) is 12.6. The zero-order chi connectivity index (χ0) is 6.41. The molecule has 0 atom stereocenters. The first-order valence-corrected chi connectivity index (χ1v) is 8.75. The third-order valence-electron chi connectivity index (χ3n) is 0.468. The van der Waals surface area contributed by atoms with E-state index < -0.39 is 0 Å². The van der Waals surface area contributed by atoms with Crippen molar-refractivity contribution in [2.24, 2.45) is 0 Å². The molecule has 0 spiro atoms. The predicted molar refractivity (Wildman–Crippen MR) is 59.9 cm³/mol. The predicted octanol–water partition coefficient (Wildman–Crippen LogP) is 0.179. The van der Waals surface area contributed by atoms with Gasteiger partial charge in [-0.2, -0.15) is 0 Å². The molecule has 0 aromatic carbocycles. The van der Waals surface area contributed by atoms with Gasteiger partial charge in [-0.25, -0.2) is 0 Å². The van der Waals surface area contributed by atoms with Crippen molar-refractivity contribution in [2.75, 3.05) is 6.86 Å². The fraction of sp³-hybridized carbons (Fsp3) is 0.500. The van der Waals surface area contributed by atoms with E-state index in [0.29, 0.717) is 21.2 Å². The van der Waals surface area contributed by atoms with Gasteiger partial charge in [0.1, 0.15) is 0 Å². The number of alkyl halides is 3. The summed E-state index contributed by atoms with van der Waals surface area (Å²) in [5, 5.41) is 0. The molecule has 0 saturated heterocycles. The molecule has 0 aromatic heterocycles. The summed E-state index contributed by atoms with van der Waals surface area (Å²) in [5.74, 6) is 0. The van der Waals surface area contributed by atoms with Crippen molar-refractivity contribution in [3.63, 3.8) is 0 Å². The first-order valence-electron chi connectivity index (χ1n) is 1.85. The monoisotopic (exact) mass is 561 g/mol. The van der Waals surface area contributed by atoms with Gasteiger partial charge >= 0.3 is 104 Å². The van der Waals surface area contributed by atoms with Crippen molar-refractivity contribution in [3.8, 4) is 0 Å². The second kappa shape index (κ2) is 7.76. The van der Waals surface area contributed by atoms with Crippen LogP contribution < -0.4 is 21.2 Å². The normalized spacial score (nSPS) is 12.6. The van der Waals surface area contributed by atoms with E-state index in [1.54, 1.807) is 3.58 Å². The molecule has 0 aliphatic rings. The van der Waals surface area contributed by atoms with Gasteiger partial charge in [-0.3, -0.25) is 0 Å². The van der Waals surface area contributed by atoms with E-state index in [2.05, 4.69) is 71.9 Å². The van der Waals surface area contributed by atoms with Crippen molar-refractivity contribution in [2.45, 2.75) is 0 Å². The van der Waals surface area contributed by atoms with Crippen LogP contribution in [-0.4, -0.2) is 6.86 Å². The molecule has 0 radical (unpaired) electrons. The fourth-order valence-corrected chi connectivity index (χ4v) is 7.15. The SMILES string of the molecule is I/C=C(/CI)[I-]CI. The minimum absolute atomic E-state index is 0.395. The Morgan fingerprint density at radius 3 is 2.25 bits per heavy atom. The molecular formula is C4H5I4-. The van der Waals surface area contributed by atoms with Crippen LogP contribution in [0, 0.1) is 0 Å². The topological polar surface area (TPSA) is 0 Å². The molecule has 0 aromatic rings. The van der Waals surface area contributed by atoms with E-state index in [0.717, 1.165) is 0 Å². The number of halogens is 4. The first-order chi connectivity index (χ1) is 3.85. The Morgan fingerprint density at radius 1 is 1.50 bits per heavy atom. The molecule has 50 valence electrons. The Morgan fingerprint density at radius 2 is 2.12 bits per heavy atom. The zero-order valence-electron chi connectivity index (χ0n) is 4.00. The molecule has 0 saturated carbocycles. The Balaban J connectivity index is 3.38. The van der Waals surface area contributed by atoms with Crippen LogP contribution >= 0.6 is 67.8 Å². The summed E-state index contributed by atoms with van der Waals surface area (Å²) in [4.78, 5) is 0. The van der Waals surface area contributed by atoms with Crippen LogP contribution in [0.4, 0.5) is 0 Å². The molecule has 0 unspecified atom stereocenters. The van der Waals surface area contributed by atoms with Gasteiger partial charge in [0.25, 0.3) is 0 Å². The standard InChI is InChI=1S/C4H5I4/c5-1-4(2-6)8-3-7/h1H,2-3H2/q-1/b4-1-. The average molecular weight is 561 g/mol. The van der Waals surface area contributed by atoms with E-state index >= 15 is 0 Å². The summed E-state index contributed by atoms with van der Waals surface area (Å²) >= 11 is 7.60. The van der Waals surface area contributed by atoms with Crippen LogP contribution in [-0.2, 0) is 0 Å². The van der Waals surface area contributed by atoms with E-state index in [1.807, 2.05) is 0 Å². The van der Waals surface area contributed by atoms with Gasteiger partial charge in [0.2, 0.25) is 0 Å². The Bertz CT molecular complexity index is 78.1. The van der Waals surface area contributed by atoms with Crippen molar-refractivity contribution in [3.05, 3.63) is 7.66 Å². The summed E-state index contributed by atoms with van der Waals surface area (Å²) in [7, 11) is 0. The molecule has 0 bridgehead atoms. The molecule has 8 heavy (non-hydrogen) atoms. The average Bonchev–Trinajstić information content (AvgIpc) is 1.83. The van der Waals surface area contributed by atoms with Gasteiger partial charge in [-0.05, 0) is 0 Å². The van der Waals surface area contributed by atoms with Crippen LogP contribution in [0.2, 0.25) is 0 Å². The van der Waals surface area contributed by atoms with Crippen LogP contribution in [0.1, 0.15) is 0 Å². The van der Waals surface area contributed by atoms with Crippen molar-refractivity contribution in [1.82, 2.24) is 0 Å². The molecule has 0 amide bonds. The molecule has 0 N–H and O–H groups in total. The molecule has 0 aliphatic heterocycles. The maximum absolute atomic E-state index is 2.45. The maximum atomic E-state index is 2.45. The number of allylic oxidation sites excluding steroid dienone is 1. The van der Waals surface area contributed by atoms with E-state index in [4.69, 9.17) is 0 Å². The van der Waals surface area contributed by atoms with Gasteiger partial charge < -0.3 is 0 Å². The Kier molecular flexibility index (Phi) is 10.3. The van der Waals surface area contributed by atoms with Crippen LogP contribution in [0.15, 0.2) is 7.66 Å². The summed E-state index contributed by atoms with van der Waals surface area (Å²) in [6.07, 6.45) is 0. The minimum atomic E-state index is 0.395. The van der Waals surface area contributed by atoms with Gasteiger partial charge in [0, 0.05) is 0 Å². The van der Waals surface area contributed by atoms with Crippen LogP contribution in [0.5, 0.6) is 0 Å². The summed E-state index contributed by atoms with van der Waals surface area (Å²) in [5.41, 5.74) is 0. The summed E-state index contributed by atoms with van der Waals surface area (Å²) < 4.78 is 6.49. The Hall–Kier alpha value is 2.66.